The van der Waals surface area contributed by atoms with Crippen LogP contribution in [0.5, 0.6) is 17.2 Å². The highest BCUT2D eigenvalue weighted by Crippen LogP contribution is 2.37. The number of primary amides is 1. The van der Waals surface area contributed by atoms with E-state index in [1.807, 2.05) is 12.1 Å². The number of para-hydroxylation sites is 1. The third-order valence-corrected chi connectivity index (χ3v) is 6.93. The Balaban J connectivity index is 1.32. The Morgan fingerprint density at radius 3 is 2.78 bits per heavy atom. The molecule has 5 rings (SSSR count). The van der Waals surface area contributed by atoms with Crippen molar-refractivity contribution in [2.24, 2.45) is 11.7 Å². The van der Waals surface area contributed by atoms with Crippen LogP contribution in [0.2, 0.25) is 0 Å². The normalized spacial score (nSPS) is 20.3. The van der Waals surface area contributed by atoms with Crippen molar-refractivity contribution < 1.29 is 28.2 Å². The molecule has 1 saturated heterocycles. The van der Waals surface area contributed by atoms with E-state index in [2.05, 4.69) is 16.4 Å². The van der Waals surface area contributed by atoms with Gasteiger partial charge in [0.25, 0.3) is 5.91 Å². The molecular formula is C27H31N3O6. The van der Waals surface area contributed by atoms with E-state index in [0.717, 1.165) is 29.9 Å². The van der Waals surface area contributed by atoms with Crippen molar-refractivity contribution >= 4 is 22.9 Å². The number of methoxy groups -OCH3 is 1. The number of hydrogen-bond donors (Lipinski definition) is 2. The number of fused-ring (bicyclic) bond motifs is 1. The summed E-state index contributed by atoms with van der Waals surface area (Å²) in [6.45, 7) is 0.311. The summed E-state index contributed by atoms with van der Waals surface area (Å²) in [5.74, 6) is 1.59. The zero-order valence-electron chi connectivity index (χ0n) is 20.3. The number of nitrogens with one attached hydrogen (secondary N) is 1. The molecule has 3 aromatic rings. The third-order valence-electron chi connectivity index (χ3n) is 6.93. The van der Waals surface area contributed by atoms with Gasteiger partial charge in [-0.15, -0.1) is 0 Å². The third kappa shape index (κ3) is 5.24. The molecule has 1 aliphatic carbocycles. The minimum atomic E-state index is -0.573. The highest BCUT2D eigenvalue weighted by molar-refractivity contribution is 5.82. The molecule has 0 bridgehead atoms. The van der Waals surface area contributed by atoms with Crippen LogP contribution in [0.25, 0.3) is 11.1 Å². The van der Waals surface area contributed by atoms with E-state index >= 15 is 0 Å². The number of hydrogen-bond acceptors (Lipinski definition) is 7. The van der Waals surface area contributed by atoms with E-state index in [-0.39, 0.29) is 30.5 Å². The van der Waals surface area contributed by atoms with Crippen LogP contribution in [0.1, 0.15) is 49.5 Å². The molecule has 36 heavy (non-hydrogen) atoms. The maximum atomic E-state index is 12.7. The number of benzene rings is 2. The molecule has 3 N–H and O–H groups in total. The smallest absolute Gasteiger partial charge is 0.255 e. The fourth-order valence-corrected chi connectivity index (χ4v) is 5.09. The van der Waals surface area contributed by atoms with Gasteiger partial charge < -0.3 is 29.7 Å². The van der Waals surface area contributed by atoms with Gasteiger partial charge in [0, 0.05) is 24.8 Å². The minimum Gasteiger partial charge on any atom is -0.493 e. The van der Waals surface area contributed by atoms with E-state index < -0.39 is 5.91 Å². The van der Waals surface area contributed by atoms with E-state index in [4.69, 9.17) is 24.4 Å². The van der Waals surface area contributed by atoms with Crippen LogP contribution >= 0.6 is 0 Å². The van der Waals surface area contributed by atoms with Crippen molar-refractivity contribution in [2.75, 3.05) is 20.3 Å². The van der Waals surface area contributed by atoms with Gasteiger partial charge in [0.05, 0.1) is 13.2 Å². The Morgan fingerprint density at radius 1 is 1.17 bits per heavy atom. The number of piperidine rings is 1. The van der Waals surface area contributed by atoms with E-state index in [9.17, 15) is 9.59 Å². The molecule has 1 aromatic heterocycles. The van der Waals surface area contributed by atoms with Gasteiger partial charge in [0.1, 0.15) is 5.75 Å². The summed E-state index contributed by atoms with van der Waals surface area (Å²) in [4.78, 5) is 28.4. The number of aromatic nitrogens is 1. The first-order valence-corrected chi connectivity index (χ1v) is 12.4. The zero-order valence-corrected chi connectivity index (χ0v) is 20.3. The van der Waals surface area contributed by atoms with Crippen LogP contribution in [0.15, 0.2) is 40.8 Å². The number of amides is 2. The van der Waals surface area contributed by atoms with Gasteiger partial charge in [-0.25, -0.2) is 4.98 Å². The maximum absolute atomic E-state index is 12.7. The number of carbonyl (C=O) groups is 2. The van der Waals surface area contributed by atoms with Gasteiger partial charge in [0.15, 0.2) is 35.1 Å². The highest BCUT2D eigenvalue weighted by Gasteiger charge is 2.32. The number of rotatable bonds is 9. The van der Waals surface area contributed by atoms with Gasteiger partial charge in [-0.3, -0.25) is 9.59 Å². The second-order valence-electron chi connectivity index (χ2n) is 9.48. The summed E-state index contributed by atoms with van der Waals surface area (Å²) in [5.41, 5.74) is 7.33. The summed E-state index contributed by atoms with van der Waals surface area (Å²) < 4.78 is 23.2. The molecule has 9 heteroatoms. The molecule has 9 nitrogen and oxygen atoms in total. The average Bonchev–Trinajstić information content (AvgIpc) is 3.53. The van der Waals surface area contributed by atoms with Gasteiger partial charge in [-0.05, 0) is 61.9 Å². The van der Waals surface area contributed by atoms with Crippen molar-refractivity contribution in [2.45, 2.75) is 50.5 Å². The maximum Gasteiger partial charge on any atom is 0.255 e. The zero-order chi connectivity index (χ0) is 25.1. The minimum absolute atomic E-state index is 0.0188. The van der Waals surface area contributed by atoms with Crippen LogP contribution in [0.3, 0.4) is 0 Å². The summed E-state index contributed by atoms with van der Waals surface area (Å²) in [7, 11) is 1.65. The molecule has 2 atom stereocenters. The number of oxazole rings is 1. The lowest BCUT2D eigenvalue weighted by molar-refractivity contribution is -0.127. The summed E-state index contributed by atoms with van der Waals surface area (Å²) >= 11 is 0. The second kappa shape index (κ2) is 10.5. The lowest BCUT2D eigenvalue weighted by Gasteiger charge is -2.29. The predicted octanol–water partition coefficient (Wildman–Crippen LogP) is 3.48. The quantitative estimate of drug-likeness (QED) is 0.467. The molecule has 2 fully saturated rings. The van der Waals surface area contributed by atoms with E-state index in [1.165, 1.54) is 12.8 Å². The number of carbonyl (C=O) groups excluding carboxylic acids is 2. The first-order valence-electron chi connectivity index (χ1n) is 12.4. The molecule has 1 saturated carbocycles. The Morgan fingerprint density at radius 2 is 2.00 bits per heavy atom. The molecule has 0 unspecified atom stereocenters. The van der Waals surface area contributed by atoms with Crippen molar-refractivity contribution in [3.05, 3.63) is 47.9 Å². The molecule has 190 valence electrons. The molecule has 0 spiro atoms. The number of nitrogens with two attached hydrogens (primary N) is 1. The molecule has 0 radical (unpaired) electrons. The van der Waals surface area contributed by atoms with Crippen molar-refractivity contribution in [3.63, 3.8) is 0 Å². The summed E-state index contributed by atoms with van der Waals surface area (Å²) in [5, 5.41) is 3.04. The van der Waals surface area contributed by atoms with Crippen LogP contribution in [0.4, 0.5) is 0 Å². The highest BCUT2D eigenvalue weighted by atomic mass is 16.5. The van der Waals surface area contributed by atoms with Crippen molar-refractivity contribution in [1.29, 1.82) is 0 Å². The molecule has 2 aromatic carbocycles. The molecular weight excluding hydrogens is 462 g/mol. The number of ether oxygens (including phenoxy) is 3. The van der Waals surface area contributed by atoms with E-state index in [0.29, 0.717) is 42.1 Å². The standard InChI is InChI=1S/C27H31N3O6/c1-33-20-10-9-16(12-23(20)35-19-5-2-3-6-19)18-11-17(27(32)29-14-18)13-25-30-26-21(34-15-24(28)31)7-4-8-22(26)36-25/h4,7-10,12,17-19H,2-3,5-6,11,13-15H2,1H3,(H2,28,31)(H,29,32)/t17-,18+/m0/s1. The van der Waals surface area contributed by atoms with Gasteiger partial charge in [-0.1, -0.05) is 12.1 Å². The van der Waals surface area contributed by atoms with Gasteiger partial charge >= 0.3 is 0 Å². The fourth-order valence-electron chi connectivity index (χ4n) is 5.09. The molecule has 2 heterocycles. The Hall–Kier alpha value is -3.75. The van der Waals surface area contributed by atoms with Gasteiger partial charge in [-0.2, -0.15) is 0 Å². The Kier molecular flexibility index (Phi) is 6.97. The first-order chi connectivity index (χ1) is 17.5. The monoisotopic (exact) mass is 493 g/mol. The lowest BCUT2D eigenvalue weighted by atomic mass is 9.83. The largest absolute Gasteiger partial charge is 0.493 e. The lowest BCUT2D eigenvalue weighted by Crippen LogP contribution is -2.41. The summed E-state index contributed by atoms with van der Waals surface area (Å²) in [6.07, 6.45) is 5.75. The van der Waals surface area contributed by atoms with Crippen LogP contribution in [-0.2, 0) is 16.0 Å². The van der Waals surface area contributed by atoms with E-state index in [1.54, 1.807) is 25.3 Å². The second-order valence-corrected chi connectivity index (χ2v) is 9.48. The Labute approximate surface area is 209 Å². The topological polar surface area (TPSA) is 126 Å². The Bertz CT molecular complexity index is 1250. The van der Waals surface area contributed by atoms with Gasteiger partial charge in [0.2, 0.25) is 5.91 Å². The average molecular weight is 494 g/mol. The van der Waals surface area contributed by atoms with Crippen LogP contribution in [-0.4, -0.2) is 43.2 Å². The summed E-state index contributed by atoms with van der Waals surface area (Å²) in [6, 6.07) is 11.3. The predicted molar refractivity (Wildman–Crippen MR) is 132 cm³/mol. The molecule has 1 aliphatic heterocycles. The SMILES string of the molecule is COc1ccc([C@H]2CNC(=O)[C@H](Cc3nc4c(OCC(N)=O)cccc4o3)C2)cc1OC1CCCC1. The van der Waals surface area contributed by atoms with Crippen LogP contribution in [0, 0.1) is 5.92 Å². The molecule has 2 aliphatic rings. The molecule has 2 amide bonds. The van der Waals surface area contributed by atoms with Crippen molar-refractivity contribution in [1.82, 2.24) is 10.3 Å². The van der Waals surface area contributed by atoms with Crippen LogP contribution < -0.4 is 25.3 Å². The number of nitrogens with zero attached hydrogens (tertiary/aromatic N) is 1. The van der Waals surface area contributed by atoms with Crippen molar-refractivity contribution in [3.8, 4) is 17.2 Å². The first kappa shape index (κ1) is 24.0. The fraction of sp³-hybridized carbons (Fsp3) is 0.444.